The van der Waals surface area contributed by atoms with Crippen molar-refractivity contribution >= 4 is 34.0 Å². The van der Waals surface area contributed by atoms with Gasteiger partial charge in [0.15, 0.2) is 16.5 Å². The summed E-state index contributed by atoms with van der Waals surface area (Å²) in [6.45, 7) is 2.78. The van der Waals surface area contributed by atoms with Crippen molar-refractivity contribution in [1.29, 1.82) is 5.26 Å². The van der Waals surface area contributed by atoms with Gasteiger partial charge >= 0.3 is 11.7 Å². The molecule has 1 unspecified atom stereocenters. The van der Waals surface area contributed by atoms with Crippen molar-refractivity contribution in [2.45, 2.75) is 36.7 Å². The van der Waals surface area contributed by atoms with E-state index in [0.29, 0.717) is 16.8 Å². The minimum Gasteiger partial charge on any atom is -0.347 e. The lowest BCUT2D eigenvalue weighted by molar-refractivity contribution is -0.145. The summed E-state index contributed by atoms with van der Waals surface area (Å²) in [5.41, 5.74) is -8.58. The third kappa shape index (κ3) is 5.37. The van der Waals surface area contributed by atoms with Crippen molar-refractivity contribution in [3.8, 4) is 11.8 Å². The second-order valence-corrected chi connectivity index (χ2v) is 8.05. The number of nitriles is 1. The van der Waals surface area contributed by atoms with Crippen molar-refractivity contribution in [2.24, 2.45) is 0 Å². The smallest absolute Gasteiger partial charge is 0.347 e. The van der Waals surface area contributed by atoms with Gasteiger partial charge in [-0.05, 0) is 26.0 Å². The molecule has 6 nitrogen and oxygen atoms in total. The van der Waals surface area contributed by atoms with Gasteiger partial charge < -0.3 is 9.47 Å². The van der Waals surface area contributed by atoms with Crippen LogP contribution in [0.3, 0.4) is 0 Å². The Morgan fingerprint density at radius 1 is 1.12 bits per heavy atom. The number of rotatable bonds is 7. The zero-order valence-corrected chi connectivity index (χ0v) is 18.5. The molecule has 0 aliphatic heterocycles. The number of aromatic nitrogens is 2. The molecule has 176 valence electrons. The van der Waals surface area contributed by atoms with Crippen LogP contribution in [0.5, 0.6) is 0 Å². The van der Waals surface area contributed by atoms with Crippen LogP contribution < -0.4 is 0 Å². The highest BCUT2D eigenvalue weighted by Gasteiger charge is 2.45. The van der Waals surface area contributed by atoms with Gasteiger partial charge in [-0.25, -0.2) is 8.89 Å². The van der Waals surface area contributed by atoms with Gasteiger partial charge in [-0.2, -0.15) is 36.7 Å². The lowest BCUT2D eigenvalue weighted by atomic mass is 10.2. The van der Waals surface area contributed by atoms with Gasteiger partial charge in [-0.1, -0.05) is 23.2 Å². The third-order valence-corrected chi connectivity index (χ3v) is 5.56. The van der Waals surface area contributed by atoms with Gasteiger partial charge in [0.05, 0.1) is 15.6 Å². The Morgan fingerprint density at radius 2 is 1.62 bits per heavy atom. The minimum atomic E-state index is -5.30. The maximum absolute atomic E-state index is 13.3. The summed E-state index contributed by atoms with van der Waals surface area (Å²) < 4.78 is 103. The van der Waals surface area contributed by atoms with Gasteiger partial charge in [0.2, 0.25) is 6.29 Å². The number of hydrogen-bond acceptors (Lipinski definition) is 5. The number of halogens is 8. The molecule has 1 heterocycles. The third-order valence-electron chi connectivity index (χ3n) is 3.79. The van der Waals surface area contributed by atoms with Gasteiger partial charge in [-0.3, -0.25) is 0 Å². The van der Waals surface area contributed by atoms with Crippen molar-refractivity contribution in [3.63, 3.8) is 0 Å². The van der Waals surface area contributed by atoms with E-state index in [2.05, 4.69) is 5.10 Å². The summed E-state index contributed by atoms with van der Waals surface area (Å²) in [6, 6.07) is 2.36. The second kappa shape index (κ2) is 9.96. The Balaban J connectivity index is 2.95. The van der Waals surface area contributed by atoms with E-state index >= 15 is 0 Å². The lowest BCUT2D eigenvalue weighted by Crippen LogP contribution is -2.22. The Labute approximate surface area is 190 Å². The topological polar surface area (TPSA) is 77.1 Å². The fraction of sp³-hybridized carbons (Fsp3) is 0.412. The zero-order chi connectivity index (χ0) is 24.4. The Hall–Kier alpha value is -1.85. The van der Waals surface area contributed by atoms with Gasteiger partial charge in [0.1, 0.15) is 22.3 Å². The molecule has 0 aliphatic rings. The average Bonchev–Trinajstić information content (AvgIpc) is 3.04. The van der Waals surface area contributed by atoms with Crippen LogP contribution in [0.1, 0.15) is 37.1 Å². The molecule has 2 aromatic rings. The largest absolute Gasteiger partial charge is 0.476 e. The summed E-state index contributed by atoms with van der Waals surface area (Å²) in [5, 5.41) is 11.7. The van der Waals surface area contributed by atoms with Crippen LogP contribution in [-0.2, 0) is 26.4 Å². The van der Waals surface area contributed by atoms with Crippen LogP contribution >= 0.6 is 23.2 Å². The molecule has 0 radical (unpaired) electrons. The first-order chi connectivity index (χ1) is 14.8. The molecular formula is C17H13Cl2F6N3O3S. The predicted octanol–water partition coefficient (Wildman–Crippen LogP) is 5.77. The fourth-order valence-electron chi connectivity index (χ4n) is 2.61. The summed E-state index contributed by atoms with van der Waals surface area (Å²) in [7, 11) is -3.77. The predicted molar refractivity (Wildman–Crippen MR) is 102 cm³/mol. The lowest BCUT2D eigenvalue weighted by Gasteiger charge is -2.21. The van der Waals surface area contributed by atoms with Crippen molar-refractivity contribution in [2.75, 3.05) is 13.2 Å². The molecule has 0 N–H and O–H groups in total. The number of ether oxygens (including phenoxy) is 2. The number of nitrogens with zero attached hydrogens (tertiary/aromatic N) is 3. The molecule has 1 atom stereocenters. The molecule has 2 rings (SSSR count). The quantitative estimate of drug-likeness (QED) is 0.340. The maximum Gasteiger partial charge on any atom is 0.476 e. The molecule has 0 aliphatic carbocycles. The molecule has 1 aromatic heterocycles. The van der Waals surface area contributed by atoms with E-state index in [0.717, 1.165) is 0 Å². The molecule has 0 spiro atoms. The van der Waals surface area contributed by atoms with Crippen LogP contribution in [0.2, 0.25) is 10.0 Å². The summed E-state index contributed by atoms with van der Waals surface area (Å²) in [4.78, 5) is -1.08. The summed E-state index contributed by atoms with van der Waals surface area (Å²) >= 11 is 11.9. The van der Waals surface area contributed by atoms with Crippen LogP contribution in [0.25, 0.3) is 5.69 Å². The highest BCUT2D eigenvalue weighted by molar-refractivity contribution is 7.86. The minimum absolute atomic E-state index is 0.0930. The molecular weight excluding hydrogens is 511 g/mol. The summed E-state index contributed by atoms with van der Waals surface area (Å²) in [5.74, 6) is 0. The van der Waals surface area contributed by atoms with E-state index in [-0.39, 0.29) is 13.2 Å². The standard InChI is InChI=1S/C17H13Cl2F6N3O3S/c1-3-30-15(31-4-2)13-14(32(29)17(23,24)25)11(7-26)27-28(13)12-9(18)5-8(6-10(12)19)16(20,21)22/h5-6,15H,3-4H2,1-2H3. The second-order valence-electron chi connectivity index (χ2n) is 5.83. The van der Waals surface area contributed by atoms with Crippen LogP contribution in [0.15, 0.2) is 17.0 Å². The van der Waals surface area contributed by atoms with Crippen LogP contribution in [-0.4, -0.2) is 32.7 Å². The van der Waals surface area contributed by atoms with Crippen molar-refractivity contribution in [3.05, 3.63) is 39.1 Å². The van der Waals surface area contributed by atoms with E-state index in [1.165, 1.54) is 19.9 Å². The molecule has 0 saturated heterocycles. The van der Waals surface area contributed by atoms with E-state index in [1.807, 2.05) is 0 Å². The highest BCUT2D eigenvalue weighted by Crippen LogP contribution is 2.41. The molecule has 15 heteroatoms. The number of benzene rings is 1. The molecule has 32 heavy (non-hydrogen) atoms. The highest BCUT2D eigenvalue weighted by atomic mass is 35.5. The Bertz CT molecular complexity index is 1040. The molecule has 0 amide bonds. The first-order valence-corrected chi connectivity index (χ1v) is 10.5. The molecule has 1 aromatic carbocycles. The number of hydrogen-bond donors (Lipinski definition) is 0. The Morgan fingerprint density at radius 3 is 2.00 bits per heavy atom. The Kier molecular flexibility index (Phi) is 8.22. The van der Waals surface area contributed by atoms with Gasteiger partial charge in [0, 0.05) is 13.2 Å². The first-order valence-electron chi connectivity index (χ1n) is 8.59. The SMILES string of the molecule is CCOC(OCC)c1c(S(=O)C(F)(F)F)c(C#N)nn1-c1c(Cl)cc(C(F)(F)F)cc1Cl. The maximum atomic E-state index is 13.3. The monoisotopic (exact) mass is 523 g/mol. The van der Waals surface area contributed by atoms with Gasteiger partial charge in [-0.15, -0.1) is 0 Å². The van der Waals surface area contributed by atoms with E-state index in [9.17, 15) is 35.8 Å². The van der Waals surface area contributed by atoms with Crippen molar-refractivity contribution < 1.29 is 40.0 Å². The van der Waals surface area contributed by atoms with E-state index < -0.39 is 66.4 Å². The van der Waals surface area contributed by atoms with Gasteiger partial charge in [0.25, 0.3) is 0 Å². The molecule has 0 fully saturated rings. The van der Waals surface area contributed by atoms with Crippen LogP contribution in [0.4, 0.5) is 26.3 Å². The first kappa shape index (κ1) is 26.4. The van der Waals surface area contributed by atoms with E-state index in [4.69, 9.17) is 32.7 Å². The molecule has 0 bridgehead atoms. The normalized spacial score (nSPS) is 13.4. The number of alkyl halides is 6. The average molecular weight is 524 g/mol. The van der Waals surface area contributed by atoms with E-state index in [1.54, 1.807) is 0 Å². The van der Waals surface area contributed by atoms with Crippen LogP contribution in [0, 0.1) is 11.3 Å². The fourth-order valence-corrected chi connectivity index (χ4v) is 4.12. The van der Waals surface area contributed by atoms with Crippen molar-refractivity contribution in [1.82, 2.24) is 9.78 Å². The summed E-state index contributed by atoms with van der Waals surface area (Å²) in [6.07, 6.45) is -6.45. The molecule has 0 saturated carbocycles. The zero-order valence-electron chi connectivity index (χ0n) is 16.1.